The number of anilines is 1. The first-order chi connectivity index (χ1) is 13.6. The molecule has 8 heteroatoms. The Bertz CT molecular complexity index is 932. The molecule has 0 bridgehead atoms. The lowest BCUT2D eigenvalue weighted by Gasteiger charge is -2.37. The lowest BCUT2D eigenvalue weighted by Crippen LogP contribution is -2.44. The van der Waals surface area contributed by atoms with Crippen LogP contribution in [0, 0.1) is 5.92 Å². The lowest BCUT2D eigenvalue weighted by molar-refractivity contribution is -0.142. The molecule has 1 aromatic heterocycles. The van der Waals surface area contributed by atoms with Crippen LogP contribution < -0.4 is 5.32 Å². The first-order valence-corrected chi connectivity index (χ1v) is 9.50. The monoisotopic (exact) mass is 398 g/mol. The minimum Gasteiger partial charge on any atom is -0.481 e. The van der Waals surface area contributed by atoms with Crippen molar-refractivity contribution in [2.45, 2.75) is 38.1 Å². The minimum atomic E-state index is -1.01. The largest absolute Gasteiger partial charge is 0.481 e. The highest BCUT2D eigenvalue weighted by Gasteiger charge is 2.39. The minimum absolute atomic E-state index is 0.00292. The number of carbonyl (C=O) groups excluding carboxylic acids is 2. The van der Waals surface area contributed by atoms with Gasteiger partial charge in [-0.05, 0) is 38.0 Å². The molecule has 1 fully saturated rings. The van der Waals surface area contributed by atoms with Crippen molar-refractivity contribution in [3.8, 4) is 0 Å². The molecule has 2 aromatic rings. The van der Waals surface area contributed by atoms with Crippen LogP contribution >= 0.6 is 0 Å². The molecule has 1 aliphatic rings. The van der Waals surface area contributed by atoms with Gasteiger partial charge in [-0.2, -0.15) is 5.10 Å². The third-order valence-electron chi connectivity index (χ3n) is 5.67. The topological polar surface area (TPSA) is 105 Å². The second kappa shape index (κ2) is 7.69. The molecular formula is C21H26N4O4. The van der Waals surface area contributed by atoms with E-state index in [2.05, 4.69) is 10.4 Å². The zero-order valence-corrected chi connectivity index (χ0v) is 17.0. The SMILES string of the molecule is CN1C(=O)CCC(C(=O)Nc2ccc(C(C)(C)C(=O)O)cc2)C1c1cnn(C)c1. The molecule has 1 saturated heterocycles. The van der Waals surface area contributed by atoms with Gasteiger partial charge in [0.05, 0.1) is 23.6 Å². The highest BCUT2D eigenvalue weighted by Crippen LogP contribution is 2.36. The Labute approximate surface area is 169 Å². The number of rotatable bonds is 5. The van der Waals surface area contributed by atoms with Crippen molar-refractivity contribution in [2.24, 2.45) is 13.0 Å². The summed E-state index contributed by atoms with van der Waals surface area (Å²) < 4.78 is 1.65. The van der Waals surface area contributed by atoms with Gasteiger partial charge >= 0.3 is 5.97 Å². The van der Waals surface area contributed by atoms with Crippen molar-refractivity contribution in [3.63, 3.8) is 0 Å². The van der Waals surface area contributed by atoms with Crippen LogP contribution in [0.4, 0.5) is 5.69 Å². The summed E-state index contributed by atoms with van der Waals surface area (Å²) in [7, 11) is 3.51. The molecule has 29 heavy (non-hydrogen) atoms. The summed E-state index contributed by atoms with van der Waals surface area (Å²) in [6.07, 6.45) is 4.28. The molecule has 3 rings (SSSR count). The van der Waals surface area contributed by atoms with Gasteiger partial charge in [0.1, 0.15) is 0 Å². The summed E-state index contributed by atoms with van der Waals surface area (Å²) in [6.45, 7) is 3.27. The van der Waals surface area contributed by atoms with E-state index in [0.29, 0.717) is 24.1 Å². The quantitative estimate of drug-likeness (QED) is 0.804. The number of hydrogen-bond acceptors (Lipinski definition) is 4. The summed E-state index contributed by atoms with van der Waals surface area (Å²) in [6, 6.07) is 6.44. The van der Waals surface area contributed by atoms with Crippen LogP contribution in [-0.4, -0.2) is 44.6 Å². The number of aryl methyl sites for hydroxylation is 1. The van der Waals surface area contributed by atoms with Gasteiger partial charge in [0, 0.05) is 38.0 Å². The van der Waals surface area contributed by atoms with E-state index in [9.17, 15) is 19.5 Å². The Balaban J connectivity index is 1.80. The number of benzene rings is 1. The molecule has 0 saturated carbocycles. The van der Waals surface area contributed by atoms with Gasteiger partial charge < -0.3 is 15.3 Å². The van der Waals surface area contributed by atoms with Crippen LogP contribution in [-0.2, 0) is 26.8 Å². The van der Waals surface area contributed by atoms with Gasteiger partial charge in [-0.15, -0.1) is 0 Å². The fraction of sp³-hybridized carbons (Fsp3) is 0.429. The summed E-state index contributed by atoms with van der Waals surface area (Å²) in [5, 5.41) is 16.4. The maximum absolute atomic E-state index is 13.0. The number of nitrogens with zero attached hydrogens (tertiary/aromatic N) is 3. The number of carboxylic acid groups (broad SMARTS) is 1. The molecule has 0 spiro atoms. The smallest absolute Gasteiger partial charge is 0.313 e. The van der Waals surface area contributed by atoms with E-state index in [1.54, 1.807) is 68.0 Å². The molecule has 154 valence electrons. The van der Waals surface area contributed by atoms with Crippen molar-refractivity contribution in [1.82, 2.24) is 14.7 Å². The van der Waals surface area contributed by atoms with Crippen molar-refractivity contribution in [3.05, 3.63) is 47.8 Å². The average Bonchev–Trinajstić information content (AvgIpc) is 3.09. The molecule has 2 atom stereocenters. The average molecular weight is 398 g/mol. The molecule has 8 nitrogen and oxygen atoms in total. The normalized spacial score (nSPS) is 19.9. The van der Waals surface area contributed by atoms with Gasteiger partial charge in [0.25, 0.3) is 0 Å². The molecule has 0 radical (unpaired) electrons. The molecule has 2 N–H and O–H groups in total. The summed E-state index contributed by atoms with van der Waals surface area (Å²) in [5.74, 6) is -1.49. The summed E-state index contributed by atoms with van der Waals surface area (Å²) >= 11 is 0. The number of carboxylic acids is 1. The second-order valence-corrected chi connectivity index (χ2v) is 8.04. The van der Waals surface area contributed by atoms with Crippen molar-refractivity contribution in [2.75, 3.05) is 12.4 Å². The molecule has 0 aliphatic carbocycles. The van der Waals surface area contributed by atoms with E-state index in [-0.39, 0.29) is 17.9 Å². The number of hydrogen-bond donors (Lipinski definition) is 2. The summed E-state index contributed by atoms with van der Waals surface area (Å²) in [4.78, 5) is 38.3. The van der Waals surface area contributed by atoms with E-state index < -0.39 is 17.3 Å². The standard InChI is InChI=1S/C21H26N4O4/c1-21(2,20(28)29)14-5-7-15(8-6-14)23-19(27)16-9-10-17(26)25(4)18(16)13-11-22-24(3)12-13/h5-8,11-12,16,18H,9-10H2,1-4H3,(H,23,27)(H,28,29). The van der Waals surface area contributed by atoms with Crippen LogP contribution in [0.3, 0.4) is 0 Å². The molecule has 1 aliphatic heterocycles. The predicted molar refractivity (Wildman–Crippen MR) is 107 cm³/mol. The Morgan fingerprint density at radius 1 is 1.21 bits per heavy atom. The van der Waals surface area contributed by atoms with Crippen LogP contribution in [0.15, 0.2) is 36.7 Å². The van der Waals surface area contributed by atoms with Gasteiger partial charge in [-0.3, -0.25) is 19.1 Å². The van der Waals surface area contributed by atoms with Crippen molar-refractivity contribution < 1.29 is 19.5 Å². The van der Waals surface area contributed by atoms with Crippen molar-refractivity contribution in [1.29, 1.82) is 0 Å². The van der Waals surface area contributed by atoms with Gasteiger partial charge in [-0.25, -0.2) is 0 Å². The first kappa shape index (κ1) is 20.6. The maximum atomic E-state index is 13.0. The van der Waals surface area contributed by atoms with E-state index in [0.717, 1.165) is 5.56 Å². The molecular weight excluding hydrogens is 372 g/mol. The van der Waals surface area contributed by atoms with E-state index in [4.69, 9.17) is 0 Å². The van der Waals surface area contributed by atoms with E-state index >= 15 is 0 Å². The third-order valence-corrected chi connectivity index (χ3v) is 5.67. The number of nitrogens with one attached hydrogen (secondary N) is 1. The van der Waals surface area contributed by atoms with Crippen LogP contribution in [0.2, 0.25) is 0 Å². The Kier molecular flexibility index (Phi) is 5.46. The number of likely N-dealkylation sites (tertiary alicyclic amines) is 1. The zero-order valence-electron chi connectivity index (χ0n) is 17.0. The highest BCUT2D eigenvalue weighted by atomic mass is 16.4. The van der Waals surface area contributed by atoms with Gasteiger partial charge in [0.2, 0.25) is 11.8 Å². The van der Waals surface area contributed by atoms with Crippen LogP contribution in [0.25, 0.3) is 0 Å². The second-order valence-electron chi connectivity index (χ2n) is 8.04. The number of carbonyl (C=O) groups is 3. The molecule has 2 unspecified atom stereocenters. The lowest BCUT2D eigenvalue weighted by atomic mass is 9.84. The zero-order chi connectivity index (χ0) is 21.3. The van der Waals surface area contributed by atoms with E-state index in [1.807, 2.05) is 6.20 Å². The van der Waals surface area contributed by atoms with E-state index in [1.165, 1.54) is 0 Å². The highest BCUT2D eigenvalue weighted by molar-refractivity contribution is 5.94. The molecule has 1 aromatic carbocycles. The van der Waals surface area contributed by atoms with Crippen molar-refractivity contribution >= 4 is 23.5 Å². The fourth-order valence-corrected chi connectivity index (χ4v) is 3.69. The maximum Gasteiger partial charge on any atom is 0.313 e. The Morgan fingerprint density at radius 3 is 2.41 bits per heavy atom. The van der Waals surface area contributed by atoms with Crippen LogP contribution in [0.5, 0.6) is 0 Å². The Hall–Kier alpha value is -3.16. The number of aliphatic carboxylic acids is 1. The number of piperidine rings is 1. The summed E-state index contributed by atoms with van der Waals surface area (Å²) in [5.41, 5.74) is 1.05. The molecule has 2 heterocycles. The third kappa shape index (κ3) is 4.01. The number of amides is 2. The molecule has 2 amide bonds. The predicted octanol–water partition coefficient (Wildman–Crippen LogP) is 2.33. The van der Waals surface area contributed by atoms with Gasteiger partial charge in [0.15, 0.2) is 0 Å². The number of aromatic nitrogens is 2. The first-order valence-electron chi connectivity index (χ1n) is 9.50. The van der Waals surface area contributed by atoms with Gasteiger partial charge in [-0.1, -0.05) is 12.1 Å². The van der Waals surface area contributed by atoms with Crippen LogP contribution in [0.1, 0.15) is 43.9 Å². The Morgan fingerprint density at radius 2 is 1.86 bits per heavy atom. The fourth-order valence-electron chi connectivity index (χ4n) is 3.69.